The second kappa shape index (κ2) is 8.64. The minimum Gasteiger partial charge on any atom is -0.394 e. The van der Waals surface area contributed by atoms with Crippen molar-refractivity contribution in [3.8, 4) is 0 Å². The van der Waals surface area contributed by atoms with Gasteiger partial charge in [-0.2, -0.15) is 0 Å². The number of hydrogen-bond acceptors (Lipinski definition) is 4. The van der Waals surface area contributed by atoms with Crippen LogP contribution in [0, 0.1) is 0 Å². The lowest BCUT2D eigenvalue weighted by molar-refractivity contribution is -0.110. The van der Waals surface area contributed by atoms with Crippen LogP contribution in [0.3, 0.4) is 0 Å². The highest BCUT2D eigenvalue weighted by atomic mass is 16.5. The van der Waals surface area contributed by atoms with E-state index in [-0.39, 0.29) is 6.61 Å². The minimum absolute atomic E-state index is 0.180. The predicted molar refractivity (Wildman–Crippen MR) is 45.8 cm³/mol. The summed E-state index contributed by atoms with van der Waals surface area (Å²) < 4.78 is 5.13. The van der Waals surface area contributed by atoms with Gasteiger partial charge in [-0.05, 0) is 6.42 Å². The molecule has 0 aromatic heterocycles. The molecule has 72 valence electrons. The zero-order valence-corrected chi connectivity index (χ0v) is 7.45. The van der Waals surface area contributed by atoms with Crippen molar-refractivity contribution in [2.45, 2.75) is 25.8 Å². The van der Waals surface area contributed by atoms with Crippen molar-refractivity contribution in [1.29, 1.82) is 0 Å². The van der Waals surface area contributed by atoms with Crippen LogP contribution in [0.4, 0.5) is 0 Å². The Morgan fingerprint density at radius 3 is 2.92 bits per heavy atom. The monoisotopic (exact) mass is 175 g/mol. The molecule has 0 bridgehead atoms. The maximum absolute atomic E-state index is 10.2. The molecule has 0 aromatic carbocycles. The molecule has 0 aliphatic rings. The fourth-order valence-electron chi connectivity index (χ4n) is 0.640. The summed E-state index contributed by atoms with van der Waals surface area (Å²) in [6.07, 6.45) is 2.78. The highest BCUT2D eigenvalue weighted by Crippen LogP contribution is 1.86. The molecule has 0 saturated carbocycles. The number of ether oxygens (including phenoxy) is 1. The first-order valence-electron chi connectivity index (χ1n) is 4.22. The third-order valence-electron chi connectivity index (χ3n) is 1.45. The molecule has 0 rings (SSSR count). The standard InChI is InChI=1S/C8H17NO3/c1-2-3-4-12-7-9-8(5-10)6-11/h5,8-9,11H,2-4,6-7H2,1H3/t8-/m1/s1. The molecule has 0 aliphatic carbocycles. The van der Waals surface area contributed by atoms with Crippen LogP contribution in [0.2, 0.25) is 0 Å². The quantitative estimate of drug-likeness (QED) is 0.307. The molecule has 12 heavy (non-hydrogen) atoms. The van der Waals surface area contributed by atoms with Crippen LogP contribution >= 0.6 is 0 Å². The lowest BCUT2D eigenvalue weighted by Gasteiger charge is -2.09. The van der Waals surface area contributed by atoms with Gasteiger partial charge in [0.1, 0.15) is 6.29 Å². The van der Waals surface area contributed by atoms with Crippen LogP contribution in [-0.2, 0) is 9.53 Å². The van der Waals surface area contributed by atoms with E-state index in [0.717, 1.165) is 12.8 Å². The van der Waals surface area contributed by atoms with Gasteiger partial charge >= 0.3 is 0 Å². The highest BCUT2D eigenvalue weighted by Gasteiger charge is 2.01. The van der Waals surface area contributed by atoms with Crippen molar-refractivity contribution >= 4 is 6.29 Å². The Labute approximate surface area is 72.9 Å². The Kier molecular flexibility index (Phi) is 8.32. The number of unbranched alkanes of at least 4 members (excludes halogenated alkanes) is 1. The summed E-state index contributed by atoms with van der Waals surface area (Å²) in [5.41, 5.74) is 0. The van der Waals surface area contributed by atoms with Crippen molar-refractivity contribution < 1.29 is 14.6 Å². The van der Waals surface area contributed by atoms with E-state index in [1.54, 1.807) is 0 Å². The number of aliphatic hydroxyl groups excluding tert-OH is 1. The van der Waals surface area contributed by atoms with E-state index in [2.05, 4.69) is 12.2 Å². The molecule has 0 radical (unpaired) electrons. The van der Waals surface area contributed by atoms with E-state index in [1.165, 1.54) is 0 Å². The van der Waals surface area contributed by atoms with Gasteiger partial charge in [0.15, 0.2) is 0 Å². The molecule has 0 aliphatic heterocycles. The Bertz CT molecular complexity index is 108. The number of hydrogen-bond donors (Lipinski definition) is 2. The van der Waals surface area contributed by atoms with Gasteiger partial charge in [-0.15, -0.1) is 0 Å². The zero-order valence-electron chi connectivity index (χ0n) is 7.45. The molecule has 0 heterocycles. The van der Waals surface area contributed by atoms with Gasteiger partial charge in [-0.25, -0.2) is 0 Å². The Hall–Kier alpha value is -0.450. The van der Waals surface area contributed by atoms with E-state index in [9.17, 15) is 4.79 Å². The van der Waals surface area contributed by atoms with Crippen LogP contribution in [-0.4, -0.2) is 37.4 Å². The maximum atomic E-state index is 10.2. The van der Waals surface area contributed by atoms with Crippen LogP contribution in [0.25, 0.3) is 0 Å². The number of rotatable bonds is 8. The number of carbonyl (C=O) groups excluding carboxylic acids is 1. The van der Waals surface area contributed by atoms with Crippen LogP contribution < -0.4 is 5.32 Å². The molecule has 0 fully saturated rings. The molecular formula is C8H17NO3. The SMILES string of the molecule is CCCCOCN[C@H](C=O)CO. The second-order valence-electron chi connectivity index (χ2n) is 2.54. The smallest absolute Gasteiger partial charge is 0.139 e. The minimum atomic E-state index is -0.494. The molecule has 1 atom stereocenters. The van der Waals surface area contributed by atoms with Crippen LogP contribution in [0.1, 0.15) is 19.8 Å². The van der Waals surface area contributed by atoms with Crippen molar-refractivity contribution in [2.75, 3.05) is 19.9 Å². The van der Waals surface area contributed by atoms with Gasteiger partial charge in [-0.1, -0.05) is 13.3 Å². The van der Waals surface area contributed by atoms with E-state index in [0.29, 0.717) is 19.6 Å². The summed E-state index contributed by atoms with van der Waals surface area (Å²) in [6, 6.07) is -0.494. The van der Waals surface area contributed by atoms with Crippen molar-refractivity contribution in [1.82, 2.24) is 5.32 Å². The fourth-order valence-corrected chi connectivity index (χ4v) is 0.640. The Balaban J connectivity index is 3.12. The summed E-state index contributed by atoms with van der Waals surface area (Å²) >= 11 is 0. The molecule has 0 spiro atoms. The van der Waals surface area contributed by atoms with Gasteiger partial charge < -0.3 is 14.6 Å². The molecule has 0 aromatic rings. The number of aliphatic hydroxyl groups is 1. The Morgan fingerprint density at radius 2 is 2.42 bits per heavy atom. The van der Waals surface area contributed by atoms with Crippen molar-refractivity contribution in [3.63, 3.8) is 0 Å². The topological polar surface area (TPSA) is 58.6 Å². The maximum Gasteiger partial charge on any atom is 0.139 e. The molecule has 4 nitrogen and oxygen atoms in total. The van der Waals surface area contributed by atoms with E-state index in [1.807, 2.05) is 0 Å². The summed E-state index contributed by atoms with van der Waals surface area (Å²) in [5.74, 6) is 0. The molecule has 0 amide bonds. The van der Waals surface area contributed by atoms with E-state index in [4.69, 9.17) is 9.84 Å². The first-order valence-corrected chi connectivity index (χ1v) is 4.22. The van der Waals surface area contributed by atoms with Crippen molar-refractivity contribution in [2.24, 2.45) is 0 Å². The number of aldehydes is 1. The average molecular weight is 175 g/mol. The summed E-state index contributed by atoms with van der Waals surface area (Å²) in [7, 11) is 0. The summed E-state index contributed by atoms with van der Waals surface area (Å²) in [6.45, 7) is 2.92. The third-order valence-corrected chi connectivity index (χ3v) is 1.45. The van der Waals surface area contributed by atoms with Gasteiger partial charge in [0.25, 0.3) is 0 Å². The normalized spacial score (nSPS) is 12.8. The Morgan fingerprint density at radius 1 is 1.67 bits per heavy atom. The first-order chi connectivity index (χ1) is 5.85. The third kappa shape index (κ3) is 6.27. The molecule has 0 unspecified atom stereocenters. The lowest BCUT2D eigenvalue weighted by Crippen LogP contribution is -2.35. The largest absolute Gasteiger partial charge is 0.394 e. The van der Waals surface area contributed by atoms with Gasteiger partial charge in [0.2, 0.25) is 0 Å². The van der Waals surface area contributed by atoms with Gasteiger partial charge in [0, 0.05) is 6.61 Å². The fraction of sp³-hybridized carbons (Fsp3) is 0.875. The average Bonchev–Trinajstić information content (AvgIpc) is 2.11. The van der Waals surface area contributed by atoms with Crippen LogP contribution in [0.15, 0.2) is 0 Å². The number of carbonyl (C=O) groups is 1. The van der Waals surface area contributed by atoms with E-state index >= 15 is 0 Å². The van der Waals surface area contributed by atoms with Crippen molar-refractivity contribution in [3.05, 3.63) is 0 Å². The molecular weight excluding hydrogens is 158 g/mol. The van der Waals surface area contributed by atoms with Gasteiger partial charge in [-0.3, -0.25) is 5.32 Å². The highest BCUT2D eigenvalue weighted by molar-refractivity contribution is 5.57. The zero-order chi connectivity index (χ0) is 9.23. The van der Waals surface area contributed by atoms with Gasteiger partial charge in [0.05, 0.1) is 19.4 Å². The number of nitrogens with one attached hydrogen (secondary N) is 1. The van der Waals surface area contributed by atoms with E-state index < -0.39 is 6.04 Å². The predicted octanol–water partition coefficient (Wildman–Crippen LogP) is -0.0900. The second-order valence-corrected chi connectivity index (χ2v) is 2.54. The molecule has 0 saturated heterocycles. The summed E-state index contributed by atoms with van der Waals surface area (Å²) in [4.78, 5) is 10.2. The molecule has 2 N–H and O–H groups in total. The summed E-state index contributed by atoms with van der Waals surface area (Å²) in [5, 5.41) is 11.3. The van der Waals surface area contributed by atoms with Crippen LogP contribution in [0.5, 0.6) is 0 Å². The first kappa shape index (κ1) is 11.6. The lowest BCUT2D eigenvalue weighted by atomic mass is 10.3. The molecule has 4 heteroatoms.